The number of nitrogens with zero attached hydrogens (tertiary/aromatic N) is 3. The zero-order chi connectivity index (χ0) is 61.8. The van der Waals surface area contributed by atoms with Gasteiger partial charge in [0.15, 0.2) is 0 Å². The molecular weight excluding hydrogens is 1130 g/mol. The molecule has 0 saturated carbocycles. The second kappa shape index (κ2) is 29.4. The van der Waals surface area contributed by atoms with Gasteiger partial charge in [0.25, 0.3) is 11.8 Å². The molecule has 5 aliphatic rings. The number of imide groups is 1. The highest BCUT2D eigenvalue weighted by atomic mass is 32.2. The number of benzene rings is 1. The molecule has 2 bridgehead atoms. The lowest BCUT2D eigenvalue weighted by Gasteiger charge is -2.32. The van der Waals surface area contributed by atoms with Crippen LogP contribution in [0.2, 0.25) is 0 Å². The molecule has 2 aromatic rings. The van der Waals surface area contributed by atoms with E-state index in [2.05, 4.69) is 52.4 Å². The minimum absolute atomic E-state index is 0.0261. The number of rotatable bonds is 17. The van der Waals surface area contributed by atoms with E-state index in [1.165, 1.54) is 25.1 Å². The number of aromatic nitrogens is 1. The molecule has 12 amide bonds. The van der Waals surface area contributed by atoms with Crippen LogP contribution in [0.1, 0.15) is 83.3 Å². The predicted octanol–water partition coefficient (Wildman–Crippen LogP) is -4.51. The van der Waals surface area contributed by atoms with Gasteiger partial charge in [0, 0.05) is 86.8 Å². The summed E-state index contributed by atoms with van der Waals surface area (Å²) < 4.78 is 0. The Balaban J connectivity index is 1.25. The van der Waals surface area contributed by atoms with E-state index in [0.29, 0.717) is 73.8 Å². The van der Waals surface area contributed by atoms with Gasteiger partial charge in [-0.3, -0.25) is 67.3 Å². The SMILES string of the molecule is CC[C@H](C)[C@@H]1NC(=O)CNC(=O)[C@H]2Cc3c([nH]c4c(CN5CC[C@@H](CNC(=O)CCCCCN6C(=O)C=CC6=O)C5)c(O)ccc34)SC[C@H](NC(=O)CNC1=O)C(=O)N[C@@H](CC(N)=O)C(=O)N1C[C@H](O)C[C@H]1C(=O)N[C@@H]([C@@H](C)[C@@H](O)CO)C(=O)N2. The van der Waals surface area contributed by atoms with E-state index < -0.39 is 159 Å². The summed E-state index contributed by atoms with van der Waals surface area (Å²) in [6.45, 7) is 3.78. The number of aromatic hydroxyl groups is 1. The molecule has 6 heterocycles. The Bertz CT molecular complexity index is 2920. The number of aliphatic hydroxyl groups excluding tert-OH is 3. The van der Waals surface area contributed by atoms with E-state index in [9.17, 15) is 78.0 Å². The van der Waals surface area contributed by atoms with Crippen LogP contribution >= 0.6 is 11.8 Å². The smallest absolute Gasteiger partial charge is 0.253 e. The Morgan fingerprint density at radius 1 is 0.824 bits per heavy atom. The molecule has 30 heteroatoms. The van der Waals surface area contributed by atoms with Crippen molar-refractivity contribution in [3.8, 4) is 5.75 Å². The second-order valence-corrected chi connectivity index (χ2v) is 23.4. The summed E-state index contributed by atoms with van der Waals surface area (Å²) in [4.78, 5) is 171. The van der Waals surface area contributed by atoms with E-state index in [4.69, 9.17) is 5.73 Å². The van der Waals surface area contributed by atoms with Crippen LogP contribution in [0.3, 0.4) is 0 Å². The number of H-pyrrole nitrogens is 1. The Morgan fingerprint density at radius 2 is 1.53 bits per heavy atom. The van der Waals surface area contributed by atoms with E-state index in [-0.39, 0.29) is 59.7 Å². The second-order valence-electron chi connectivity index (χ2n) is 22.4. The summed E-state index contributed by atoms with van der Waals surface area (Å²) in [6, 6.07) is -6.64. The van der Waals surface area contributed by atoms with Gasteiger partial charge in [-0.2, -0.15) is 0 Å². The summed E-state index contributed by atoms with van der Waals surface area (Å²) in [6.07, 6.45) is 0.876. The quantitative estimate of drug-likeness (QED) is 0.0524. The number of nitrogens with two attached hydrogens (primary N) is 1. The number of likely N-dealkylation sites (tertiary alicyclic amines) is 1. The number of phenolic OH excluding ortho intramolecular Hbond substituents is 1. The van der Waals surface area contributed by atoms with Gasteiger partial charge >= 0.3 is 0 Å². The van der Waals surface area contributed by atoms with Crippen molar-refractivity contribution in [1.29, 1.82) is 0 Å². The molecule has 1 aromatic heterocycles. The van der Waals surface area contributed by atoms with Crippen LogP contribution < -0.4 is 48.3 Å². The molecule has 0 spiro atoms. The number of fused-ring (bicyclic) bond motifs is 5. The fraction of sp³-hybridized carbons (Fsp3) is 0.600. The number of amides is 12. The molecule has 2 fully saturated rings. The molecule has 0 radical (unpaired) electrons. The van der Waals surface area contributed by atoms with E-state index in [1.807, 2.05) is 0 Å². The van der Waals surface area contributed by atoms with Crippen LogP contribution in [-0.2, 0) is 70.5 Å². The van der Waals surface area contributed by atoms with Gasteiger partial charge in [-0.15, -0.1) is 11.8 Å². The zero-order valence-corrected chi connectivity index (χ0v) is 48.4. The van der Waals surface area contributed by atoms with Gasteiger partial charge in [-0.25, -0.2) is 0 Å². The van der Waals surface area contributed by atoms with Gasteiger partial charge in [-0.1, -0.05) is 33.6 Å². The lowest BCUT2D eigenvalue weighted by molar-refractivity contribution is -0.144. The van der Waals surface area contributed by atoms with Crippen molar-refractivity contribution in [3.05, 3.63) is 35.4 Å². The normalized spacial score (nSPS) is 26.3. The van der Waals surface area contributed by atoms with Crippen LogP contribution in [0.25, 0.3) is 10.9 Å². The van der Waals surface area contributed by atoms with Crippen molar-refractivity contribution in [2.75, 3.05) is 58.2 Å². The number of hydrogen-bond donors (Lipinski definition) is 14. The number of carbonyl (C=O) groups is 12. The molecule has 2 saturated heterocycles. The maximum atomic E-state index is 14.8. The fourth-order valence-corrected chi connectivity index (χ4v) is 12.1. The Hall–Kier alpha value is -7.67. The maximum Gasteiger partial charge on any atom is 0.253 e. The molecule has 5 aliphatic heterocycles. The number of nitrogens with one attached hydrogen (secondary N) is 9. The predicted molar refractivity (Wildman–Crippen MR) is 302 cm³/mol. The topological polar surface area (TPSA) is 434 Å². The Morgan fingerprint density at radius 3 is 2.22 bits per heavy atom. The highest BCUT2D eigenvalue weighted by molar-refractivity contribution is 7.99. The van der Waals surface area contributed by atoms with Crippen molar-refractivity contribution >= 4 is 93.6 Å². The number of carbonyl (C=O) groups excluding carboxylic acids is 12. The van der Waals surface area contributed by atoms with Crippen LogP contribution in [-0.4, -0.2) is 218 Å². The van der Waals surface area contributed by atoms with Crippen LogP contribution in [0.15, 0.2) is 29.3 Å². The van der Waals surface area contributed by atoms with Crippen LogP contribution in [0, 0.1) is 17.8 Å². The first-order chi connectivity index (χ1) is 40.5. The monoisotopic (exact) mass is 1210 g/mol. The number of phenols is 1. The summed E-state index contributed by atoms with van der Waals surface area (Å²) in [5.41, 5.74) is 6.66. The minimum Gasteiger partial charge on any atom is -0.508 e. The third-order valence-corrected chi connectivity index (χ3v) is 17.3. The lowest BCUT2D eigenvalue weighted by atomic mass is 9.93. The summed E-state index contributed by atoms with van der Waals surface area (Å²) in [7, 11) is 0. The highest BCUT2D eigenvalue weighted by Crippen LogP contribution is 2.38. The van der Waals surface area contributed by atoms with Crippen molar-refractivity contribution in [3.63, 3.8) is 0 Å². The molecule has 0 unspecified atom stereocenters. The Labute approximate surface area is 493 Å². The molecule has 7 rings (SSSR count). The summed E-state index contributed by atoms with van der Waals surface area (Å²) in [5, 5.41) is 65.0. The zero-order valence-electron chi connectivity index (χ0n) is 47.6. The van der Waals surface area contributed by atoms with Gasteiger partial charge < -0.3 is 78.6 Å². The van der Waals surface area contributed by atoms with Gasteiger partial charge in [-0.05, 0) is 55.3 Å². The number of thioether (sulfide) groups is 1. The average Bonchev–Trinajstić information content (AvgIpc) is 2.24. The number of unbranched alkanes of at least 4 members (excludes halogenated alkanes) is 2. The highest BCUT2D eigenvalue weighted by Gasteiger charge is 2.45. The van der Waals surface area contributed by atoms with Gasteiger partial charge in [0.1, 0.15) is 42.0 Å². The number of primary amides is 1. The lowest BCUT2D eigenvalue weighted by Crippen LogP contribution is -2.62. The first-order valence-electron chi connectivity index (χ1n) is 28.6. The third kappa shape index (κ3) is 16.6. The summed E-state index contributed by atoms with van der Waals surface area (Å²) >= 11 is 0.939. The molecular formula is C55H77N13O16S. The molecule has 85 heavy (non-hydrogen) atoms. The molecule has 1 aromatic carbocycles. The van der Waals surface area contributed by atoms with E-state index in [1.54, 1.807) is 19.9 Å². The third-order valence-electron chi connectivity index (χ3n) is 16.2. The van der Waals surface area contributed by atoms with Crippen molar-refractivity contribution in [2.24, 2.45) is 23.5 Å². The molecule has 15 N–H and O–H groups in total. The van der Waals surface area contributed by atoms with Crippen LogP contribution in [0.4, 0.5) is 0 Å². The first-order valence-corrected chi connectivity index (χ1v) is 29.6. The molecule has 29 nitrogen and oxygen atoms in total. The molecule has 0 aliphatic carbocycles. The van der Waals surface area contributed by atoms with Gasteiger partial charge in [0.2, 0.25) is 59.1 Å². The number of hydrogen-bond acceptors (Lipinski definition) is 18. The standard InChI is InChI=1S/C55H77N13O16S/c1-4-27(2)46-52(82)59-20-42(75)60-36-26-85-54-32(31-9-10-38(71)33(48(31)65-54)24-66-15-13-29(22-66)19-57-41(74)8-6-5-7-14-67-44(77)11-12-45(67)78)17-34(49(79)58-21-43(76)63-46)61-53(83)47(28(3)39(72)25-69)64-51(81)37-16-30(70)23-68(37)55(84)35(18-40(56)73)62-50(36)80/h9-12,27-30,34-37,39,46-47,65,69-72H,4-8,13-26H2,1-3H3,(H2,56,73)(H,57,74)(H,58,79)(H,59,82)(H,60,75)(H,61,83)(H,62,80)(H,63,76)(H,64,81)/t27-,28-,29-,30+,34+,35-,36-,37-,39-,46-,47-/m0/s1. The first kappa shape index (κ1) is 64.9. The van der Waals surface area contributed by atoms with Crippen LogP contribution in [0.5, 0.6) is 5.75 Å². The number of aromatic amines is 1. The maximum absolute atomic E-state index is 14.8. The molecule has 11 atom stereocenters. The summed E-state index contributed by atoms with van der Waals surface area (Å²) in [5.74, 6) is -11.9. The van der Waals surface area contributed by atoms with E-state index in [0.717, 1.165) is 21.6 Å². The number of aliphatic hydroxyl groups is 3. The Kier molecular flexibility index (Phi) is 22.5. The average molecular weight is 1210 g/mol. The fourth-order valence-electron chi connectivity index (χ4n) is 11.0. The van der Waals surface area contributed by atoms with Crippen molar-refractivity contribution < 1.29 is 78.0 Å². The largest absolute Gasteiger partial charge is 0.508 e. The van der Waals surface area contributed by atoms with Crippen molar-refractivity contribution in [1.82, 2.24) is 62.2 Å². The molecule has 464 valence electrons. The van der Waals surface area contributed by atoms with Crippen molar-refractivity contribution in [2.45, 2.75) is 139 Å². The minimum atomic E-state index is -1.80. The van der Waals surface area contributed by atoms with Gasteiger partial charge in [0.05, 0.1) is 48.9 Å². The van der Waals surface area contributed by atoms with E-state index >= 15 is 0 Å².